The van der Waals surface area contributed by atoms with Gasteiger partial charge in [-0.3, -0.25) is 9.69 Å². The van der Waals surface area contributed by atoms with Gasteiger partial charge in [0, 0.05) is 30.3 Å². The van der Waals surface area contributed by atoms with Gasteiger partial charge in [-0.25, -0.2) is 9.37 Å². The molecule has 0 saturated carbocycles. The highest BCUT2D eigenvalue weighted by atomic mass is 32.1. The zero-order valence-corrected chi connectivity index (χ0v) is 16.1. The van der Waals surface area contributed by atoms with E-state index in [2.05, 4.69) is 10.3 Å². The number of likely N-dealkylation sites (N-methyl/N-ethyl adjacent to an activating group) is 1. The number of hydrogen-bond donors (Lipinski definition) is 1. The topological polar surface area (TPSA) is 58.4 Å². The highest BCUT2D eigenvalue weighted by molar-refractivity contribution is 7.09. The van der Waals surface area contributed by atoms with Gasteiger partial charge in [0.2, 0.25) is 5.91 Å². The van der Waals surface area contributed by atoms with Crippen LogP contribution < -0.4 is 5.32 Å². The molecule has 1 amide bonds. The fourth-order valence-electron chi connectivity index (χ4n) is 2.72. The zero-order valence-electron chi connectivity index (χ0n) is 15.3. The van der Waals surface area contributed by atoms with Gasteiger partial charge in [0.05, 0.1) is 23.0 Å². The van der Waals surface area contributed by atoms with Gasteiger partial charge >= 0.3 is 0 Å². The largest absolute Gasteiger partial charge is 0.468 e. The number of benzene rings is 1. The van der Waals surface area contributed by atoms with Crippen molar-refractivity contribution in [2.45, 2.75) is 18.9 Å². The standard InChI is InChI=1S/C20H22FN3O2S/c1-24(2)17(18-4-3-11-26-18)12-22-19(25)9-10-20-23-16(13-27-20)14-5-7-15(21)8-6-14/h3-8,11,13,17H,9-10,12H2,1-2H3,(H,22,25). The maximum Gasteiger partial charge on any atom is 0.220 e. The van der Waals surface area contributed by atoms with Gasteiger partial charge in [0.15, 0.2) is 0 Å². The summed E-state index contributed by atoms with van der Waals surface area (Å²) in [5.74, 6) is 0.535. The summed E-state index contributed by atoms with van der Waals surface area (Å²) in [4.78, 5) is 18.8. The van der Waals surface area contributed by atoms with E-state index in [1.807, 2.05) is 36.5 Å². The normalized spacial score (nSPS) is 12.3. The van der Waals surface area contributed by atoms with Gasteiger partial charge in [-0.2, -0.15) is 0 Å². The molecule has 0 aliphatic rings. The van der Waals surface area contributed by atoms with Crippen LogP contribution in [-0.4, -0.2) is 36.4 Å². The van der Waals surface area contributed by atoms with Crippen molar-refractivity contribution in [1.29, 1.82) is 0 Å². The van der Waals surface area contributed by atoms with Crippen molar-refractivity contribution in [2.75, 3.05) is 20.6 Å². The molecular weight excluding hydrogens is 365 g/mol. The summed E-state index contributed by atoms with van der Waals surface area (Å²) < 4.78 is 18.5. The van der Waals surface area contributed by atoms with Crippen molar-refractivity contribution in [2.24, 2.45) is 0 Å². The third kappa shape index (κ3) is 5.24. The van der Waals surface area contributed by atoms with Gasteiger partial charge in [-0.05, 0) is 50.5 Å². The van der Waals surface area contributed by atoms with Crippen LogP contribution in [0, 0.1) is 5.82 Å². The molecule has 3 aromatic rings. The minimum Gasteiger partial charge on any atom is -0.468 e. The first-order valence-electron chi connectivity index (χ1n) is 8.70. The number of carbonyl (C=O) groups is 1. The number of hydrogen-bond acceptors (Lipinski definition) is 5. The van der Waals surface area contributed by atoms with E-state index in [1.54, 1.807) is 18.4 Å². The molecule has 7 heteroatoms. The van der Waals surface area contributed by atoms with Crippen LogP contribution in [0.5, 0.6) is 0 Å². The molecule has 1 aromatic carbocycles. The molecule has 5 nitrogen and oxygen atoms in total. The Labute approximate surface area is 161 Å². The van der Waals surface area contributed by atoms with Gasteiger partial charge in [0.1, 0.15) is 11.6 Å². The van der Waals surface area contributed by atoms with E-state index in [0.29, 0.717) is 19.4 Å². The molecule has 1 unspecified atom stereocenters. The van der Waals surface area contributed by atoms with E-state index in [4.69, 9.17) is 4.42 Å². The molecule has 142 valence electrons. The number of rotatable bonds is 8. The maximum absolute atomic E-state index is 13.0. The molecule has 2 heterocycles. The minimum absolute atomic E-state index is 0.00566. The van der Waals surface area contributed by atoms with Crippen LogP contribution in [0.1, 0.15) is 23.2 Å². The Hall–Kier alpha value is -2.51. The predicted molar refractivity (Wildman–Crippen MR) is 104 cm³/mol. The Kier molecular flexibility index (Phi) is 6.36. The number of thiazole rings is 1. The van der Waals surface area contributed by atoms with Crippen LogP contribution in [-0.2, 0) is 11.2 Å². The zero-order chi connectivity index (χ0) is 19.2. The quantitative estimate of drug-likeness (QED) is 0.637. The number of aryl methyl sites for hydroxylation is 1. The molecule has 0 aliphatic heterocycles. The highest BCUT2D eigenvalue weighted by Crippen LogP contribution is 2.23. The molecule has 1 N–H and O–H groups in total. The van der Waals surface area contributed by atoms with E-state index in [1.165, 1.54) is 23.5 Å². The van der Waals surface area contributed by atoms with Gasteiger partial charge < -0.3 is 9.73 Å². The molecular formula is C20H22FN3O2S. The van der Waals surface area contributed by atoms with Crippen LogP contribution in [0.25, 0.3) is 11.3 Å². The molecule has 0 aliphatic carbocycles. The molecule has 0 bridgehead atoms. The monoisotopic (exact) mass is 387 g/mol. The number of nitrogens with one attached hydrogen (secondary N) is 1. The average molecular weight is 387 g/mol. The van der Waals surface area contributed by atoms with E-state index in [0.717, 1.165) is 22.0 Å². The first-order chi connectivity index (χ1) is 13.0. The minimum atomic E-state index is -0.267. The van der Waals surface area contributed by atoms with Crippen LogP contribution in [0.15, 0.2) is 52.5 Å². The van der Waals surface area contributed by atoms with Crippen molar-refractivity contribution in [3.8, 4) is 11.3 Å². The Balaban J connectivity index is 1.50. The van der Waals surface area contributed by atoms with Crippen LogP contribution in [0.2, 0.25) is 0 Å². The summed E-state index contributed by atoms with van der Waals surface area (Å²) in [7, 11) is 3.90. The summed E-state index contributed by atoms with van der Waals surface area (Å²) in [5.41, 5.74) is 1.68. The van der Waals surface area contributed by atoms with Crippen LogP contribution >= 0.6 is 11.3 Å². The summed E-state index contributed by atoms with van der Waals surface area (Å²) in [6.45, 7) is 0.484. The Morgan fingerprint density at radius 1 is 1.30 bits per heavy atom. The van der Waals surface area contributed by atoms with E-state index in [-0.39, 0.29) is 17.8 Å². The number of aromatic nitrogens is 1. The Bertz CT molecular complexity index is 860. The Morgan fingerprint density at radius 3 is 2.74 bits per heavy atom. The van der Waals surface area contributed by atoms with Crippen LogP contribution in [0.3, 0.4) is 0 Å². The summed E-state index contributed by atoms with van der Waals surface area (Å²) in [6, 6.07) is 9.99. The summed E-state index contributed by atoms with van der Waals surface area (Å²) >= 11 is 1.51. The lowest BCUT2D eigenvalue weighted by molar-refractivity contribution is -0.121. The van der Waals surface area contributed by atoms with E-state index >= 15 is 0 Å². The third-order valence-corrected chi connectivity index (χ3v) is 5.15. The van der Waals surface area contributed by atoms with Crippen molar-refractivity contribution in [3.63, 3.8) is 0 Å². The third-order valence-electron chi connectivity index (χ3n) is 4.25. The lowest BCUT2D eigenvalue weighted by atomic mass is 10.2. The number of halogens is 1. The molecule has 0 saturated heterocycles. The van der Waals surface area contributed by atoms with Crippen LogP contribution in [0.4, 0.5) is 4.39 Å². The van der Waals surface area contributed by atoms with Gasteiger partial charge in [-0.1, -0.05) is 0 Å². The smallest absolute Gasteiger partial charge is 0.220 e. The van der Waals surface area contributed by atoms with Crippen molar-refractivity contribution >= 4 is 17.2 Å². The fourth-order valence-corrected chi connectivity index (χ4v) is 3.52. The SMILES string of the molecule is CN(C)C(CNC(=O)CCc1nc(-c2ccc(F)cc2)cs1)c1ccco1. The highest BCUT2D eigenvalue weighted by Gasteiger charge is 2.18. The molecule has 0 radical (unpaired) electrons. The number of furan rings is 1. The predicted octanol–water partition coefficient (Wildman–Crippen LogP) is 3.89. The summed E-state index contributed by atoms with van der Waals surface area (Å²) in [5, 5.41) is 5.78. The molecule has 2 aromatic heterocycles. The van der Waals surface area contributed by atoms with Gasteiger partial charge in [0.25, 0.3) is 0 Å². The molecule has 1 atom stereocenters. The van der Waals surface area contributed by atoms with Crippen molar-refractivity contribution in [3.05, 3.63) is 64.6 Å². The lowest BCUT2D eigenvalue weighted by Gasteiger charge is -2.22. The molecule has 0 fully saturated rings. The lowest BCUT2D eigenvalue weighted by Crippen LogP contribution is -2.34. The van der Waals surface area contributed by atoms with Crippen molar-refractivity contribution in [1.82, 2.24) is 15.2 Å². The van der Waals surface area contributed by atoms with Gasteiger partial charge in [-0.15, -0.1) is 11.3 Å². The molecule has 0 spiro atoms. The first kappa shape index (κ1) is 19.3. The molecule has 27 heavy (non-hydrogen) atoms. The second kappa shape index (κ2) is 8.92. The molecule has 3 rings (SSSR count). The average Bonchev–Trinajstić information content (AvgIpc) is 3.33. The number of nitrogens with zero attached hydrogens (tertiary/aromatic N) is 2. The second-order valence-electron chi connectivity index (χ2n) is 6.43. The number of carbonyl (C=O) groups excluding carboxylic acids is 1. The Morgan fingerprint density at radius 2 is 2.07 bits per heavy atom. The van der Waals surface area contributed by atoms with E-state index < -0.39 is 0 Å². The fraction of sp³-hybridized carbons (Fsp3) is 0.300. The maximum atomic E-state index is 13.0. The first-order valence-corrected chi connectivity index (χ1v) is 9.58. The second-order valence-corrected chi connectivity index (χ2v) is 7.37. The van der Waals surface area contributed by atoms with Crippen molar-refractivity contribution < 1.29 is 13.6 Å². The van der Waals surface area contributed by atoms with E-state index in [9.17, 15) is 9.18 Å². The summed E-state index contributed by atoms with van der Waals surface area (Å²) in [6.07, 6.45) is 2.58. The number of amides is 1.